The maximum Gasteiger partial charge on any atom is 0.251 e. The molecule has 19 heavy (non-hydrogen) atoms. The van der Waals surface area contributed by atoms with E-state index in [1.807, 2.05) is 49.1 Å². The Labute approximate surface area is 119 Å². The number of rotatable bonds is 5. The highest BCUT2D eigenvalue weighted by Crippen LogP contribution is 2.25. The Hall–Kier alpha value is -1.32. The Kier molecular flexibility index (Phi) is 4.61. The third-order valence-corrected chi connectivity index (χ3v) is 3.71. The molecule has 3 nitrogen and oxygen atoms in total. The molecule has 1 aliphatic rings. The molecule has 0 bridgehead atoms. The summed E-state index contributed by atoms with van der Waals surface area (Å²) in [5.74, 6) is 0.643. The molecule has 1 atom stereocenters. The van der Waals surface area contributed by atoms with E-state index in [2.05, 4.69) is 5.32 Å². The van der Waals surface area contributed by atoms with Crippen LogP contribution in [0.2, 0.25) is 0 Å². The zero-order chi connectivity index (χ0) is 13.8. The summed E-state index contributed by atoms with van der Waals surface area (Å²) < 4.78 is 0. The largest absolute Gasteiger partial charge is 0.315 e. The average Bonchev–Trinajstić information content (AvgIpc) is 2.63. The zero-order valence-corrected chi connectivity index (χ0v) is 12.1. The lowest BCUT2D eigenvalue weighted by Crippen LogP contribution is -2.45. The van der Waals surface area contributed by atoms with Gasteiger partial charge in [-0.3, -0.25) is 10.1 Å². The van der Waals surface area contributed by atoms with Crippen molar-refractivity contribution >= 4 is 17.5 Å². The van der Waals surface area contributed by atoms with Crippen LogP contribution in [-0.4, -0.2) is 29.4 Å². The van der Waals surface area contributed by atoms with Crippen LogP contribution in [0.5, 0.6) is 0 Å². The van der Waals surface area contributed by atoms with Gasteiger partial charge in [-0.05, 0) is 25.0 Å². The molecule has 0 saturated heterocycles. The molecule has 0 fully saturated rings. The fourth-order valence-corrected chi connectivity index (χ4v) is 2.45. The highest BCUT2D eigenvalue weighted by molar-refractivity contribution is 6.18. The number of carbonyl (C=O) groups is 1. The van der Waals surface area contributed by atoms with Crippen LogP contribution in [-0.2, 0) is 11.3 Å². The molecule has 0 saturated carbocycles. The fraction of sp³-hybridized carbons (Fsp3) is 0.400. The van der Waals surface area contributed by atoms with Gasteiger partial charge in [0.05, 0.1) is 0 Å². The normalized spacial score (nSPS) is 19.4. The van der Waals surface area contributed by atoms with Crippen molar-refractivity contribution in [3.8, 4) is 0 Å². The van der Waals surface area contributed by atoms with Crippen molar-refractivity contribution in [1.82, 2.24) is 10.2 Å². The van der Waals surface area contributed by atoms with Crippen LogP contribution < -0.4 is 5.32 Å². The molecule has 2 rings (SSSR count). The summed E-state index contributed by atoms with van der Waals surface area (Å²) in [7, 11) is 0. The van der Waals surface area contributed by atoms with Crippen LogP contribution in [0.25, 0.3) is 0 Å². The second kappa shape index (κ2) is 6.22. The van der Waals surface area contributed by atoms with Crippen molar-refractivity contribution in [2.45, 2.75) is 26.6 Å². The summed E-state index contributed by atoms with van der Waals surface area (Å²) in [6.07, 6.45) is -0.0357. The second-order valence-electron chi connectivity index (χ2n) is 4.77. The standard InChI is InChI=1S/C15H19ClN2O/c1-11-12(2)15(19)18(14(11)17-9-8-16)10-13-6-4-3-5-7-13/h3-7,14,17H,8-10H2,1-2H3/t14-/m0/s1. The quantitative estimate of drug-likeness (QED) is 0.840. The smallest absolute Gasteiger partial charge is 0.251 e. The van der Waals surface area contributed by atoms with E-state index in [0.29, 0.717) is 19.0 Å². The predicted molar refractivity (Wildman–Crippen MR) is 77.9 cm³/mol. The number of hydrogen-bond donors (Lipinski definition) is 1. The minimum absolute atomic E-state index is 0.0357. The van der Waals surface area contributed by atoms with Crippen molar-refractivity contribution in [3.05, 3.63) is 47.0 Å². The molecular formula is C15H19ClN2O. The average molecular weight is 279 g/mol. The monoisotopic (exact) mass is 278 g/mol. The van der Waals surface area contributed by atoms with Crippen molar-refractivity contribution in [2.24, 2.45) is 0 Å². The van der Waals surface area contributed by atoms with Crippen LogP contribution in [0.3, 0.4) is 0 Å². The van der Waals surface area contributed by atoms with Gasteiger partial charge in [0.25, 0.3) is 5.91 Å². The maximum absolute atomic E-state index is 12.3. The second-order valence-corrected chi connectivity index (χ2v) is 5.15. The molecule has 1 aromatic rings. The Morgan fingerprint density at radius 1 is 1.26 bits per heavy atom. The molecule has 0 aromatic heterocycles. The molecule has 1 aromatic carbocycles. The van der Waals surface area contributed by atoms with Crippen LogP contribution in [0, 0.1) is 0 Å². The summed E-state index contributed by atoms with van der Waals surface area (Å²) >= 11 is 5.73. The van der Waals surface area contributed by atoms with Crippen molar-refractivity contribution < 1.29 is 4.79 Å². The lowest BCUT2D eigenvalue weighted by Gasteiger charge is -2.27. The van der Waals surface area contributed by atoms with Gasteiger partial charge in [-0.2, -0.15) is 0 Å². The van der Waals surface area contributed by atoms with Gasteiger partial charge in [-0.15, -0.1) is 11.6 Å². The molecule has 1 amide bonds. The van der Waals surface area contributed by atoms with Crippen molar-refractivity contribution in [2.75, 3.05) is 12.4 Å². The third kappa shape index (κ3) is 2.99. The van der Waals surface area contributed by atoms with E-state index in [9.17, 15) is 4.79 Å². The fourth-order valence-electron chi connectivity index (χ4n) is 2.34. The highest BCUT2D eigenvalue weighted by Gasteiger charge is 2.34. The van der Waals surface area contributed by atoms with Crippen LogP contribution in [0.4, 0.5) is 0 Å². The number of halogens is 1. The zero-order valence-electron chi connectivity index (χ0n) is 11.3. The van der Waals surface area contributed by atoms with Gasteiger partial charge in [-0.25, -0.2) is 0 Å². The number of nitrogens with one attached hydrogen (secondary N) is 1. The van der Waals surface area contributed by atoms with E-state index >= 15 is 0 Å². The van der Waals surface area contributed by atoms with Gasteiger partial charge < -0.3 is 4.90 Å². The van der Waals surface area contributed by atoms with Gasteiger partial charge in [0.15, 0.2) is 0 Å². The van der Waals surface area contributed by atoms with E-state index in [4.69, 9.17) is 11.6 Å². The van der Waals surface area contributed by atoms with E-state index in [1.165, 1.54) is 0 Å². The van der Waals surface area contributed by atoms with Gasteiger partial charge in [-0.1, -0.05) is 30.3 Å². The molecular weight excluding hydrogens is 260 g/mol. The Morgan fingerprint density at radius 2 is 1.95 bits per heavy atom. The maximum atomic E-state index is 12.3. The number of nitrogens with zero attached hydrogens (tertiary/aromatic N) is 1. The molecule has 0 unspecified atom stereocenters. The molecule has 0 radical (unpaired) electrons. The molecule has 1 heterocycles. The van der Waals surface area contributed by atoms with Crippen LogP contribution in [0.1, 0.15) is 19.4 Å². The molecule has 4 heteroatoms. The van der Waals surface area contributed by atoms with E-state index in [1.54, 1.807) is 0 Å². The number of hydrogen-bond acceptors (Lipinski definition) is 2. The summed E-state index contributed by atoms with van der Waals surface area (Å²) in [6, 6.07) is 10.0. The van der Waals surface area contributed by atoms with E-state index in [-0.39, 0.29) is 12.1 Å². The Balaban J connectivity index is 2.16. The van der Waals surface area contributed by atoms with Gasteiger partial charge >= 0.3 is 0 Å². The first-order valence-corrected chi connectivity index (χ1v) is 7.00. The van der Waals surface area contributed by atoms with Gasteiger partial charge in [0, 0.05) is 24.5 Å². The van der Waals surface area contributed by atoms with Crippen LogP contribution in [0.15, 0.2) is 41.5 Å². The molecule has 0 aliphatic carbocycles. The van der Waals surface area contributed by atoms with Crippen molar-refractivity contribution in [1.29, 1.82) is 0 Å². The lowest BCUT2D eigenvalue weighted by atomic mass is 10.1. The minimum Gasteiger partial charge on any atom is -0.315 e. The predicted octanol–water partition coefficient (Wildman–Crippen LogP) is 2.52. The lowest BCUT2D eigenvalue weighted by molar-refractivity contribution is -0.128. The summed E-state index contributed by atoms with van der Waals surface area (Å²) in [5, 5.41) is 3.33. The van der Waals surface area contributed by atoms with Gasteiger partial charge in [0.2, 0.25) is 0 Å². The Morgan fingerprint density at radius 3 is 2.58 bits per heavy atom. The summed E-state index contributed by atoms with van der Waals surface area (Å²) in [4.78, 5) is 14.2. The number of alkyl halides is 1. The summed E-state index contributed by atoms with van der Waals surface area (Å²) in [6.45, 7) is 5.20. The van der Waals surface area contributed by atoms with Crippen molar-refractivity contribution in [3.63, 3.8) is 0 Å². The highest BCUT2D eigenvalue weighted by atomic mass is 35.5. The molecule has 1 aliphatic heterocycles. The first-order chi connectivity index (χ1) is 9.15. The summed E-state index contributed by atoms with van der Waals surface area (Å²) in [5.41, 5.74) is 3.06. The first kappa shape index (κ1) is 14.1. The SMILES string of the molecule is CC1=C(C)[C@@H](NCCCl)N(Cc2ccccc2)C1=O. The molecule has 0 spiro atoms. The topological polar surface area (TPSA) is 32.3 Å². The Bertz CT molecular complexity index is 484. The first-order valence-electron chi connectivity index (χ1n) is 6.46. The van der Waals surface area contributed by atoms with E-state index < -0.39 is 0 Å². The molecule has 102 valence electrons. The number of benzene rings is 1. The molecule has 1 N–H and O–H groups in total. The van der Waals surface area contributed by atoms with Crippen LogP contribution >= 0.6 is 11.6 Å². The van der Waals surface area contributed by atoms with E-state index in [0.717, 1.165) is 16.7 Å². The minimum atomic E-state index is -0.0357. The van der Waals surface area contributed by atoms with Gasteiger partial charge in [0.1, 0.15) is 6.17 Å². The third-order valence-electron chi connectivity index (χ3n) is 3.52. The number of amides is 1. The number of carbonyl (C=O) groups excluding carboxylic acids is 1.